The maximum atomic E-state index is 11.7. The van der Waals surface area contributed by atoms with Gasteiger partial charge >= 0.3 is 0 Å². The van der Waals surface area contributed by atoms with Gasteiger partial charge in [0.15, 0.2) is 0 Å². The van der Waals surface area contributed by atoms with Crippen molar-refractivity contribution in [3.05, 3.63) is 34.9 Å². The summed E-state index contributed by atoms with van der Waals surface area (Å²) in [5, 5.41) is 3.64. The van der Waals surface area contributed by atoms with Crippen LogP contribution >= 0.6 is 11.6 Å². The van der Waals surface area contributed by atoms with Crippen LogP contribution in [-0.4, -0.2) is 25.0 Å². The second-order valence-corrected chi connectivity index (χ2v) is 4.03. The summed E-state index contributed by atoms with van der Waals surface area (Å²) in [6, 6.07) is 6.67. The highest BCUT2D eigenvalue weighted by Gasteiger charge is 2.07. The van der Waals surface area contributed by atoms with Gasteiger partial charge in [0.2, 0.25) is 5.96 Å². The van der Waals surface area contributed by atoms with Crippen molar-refractivity contribution in [3.8, 4) is 0 Å². The summed E-state index contributed by atoms with van der Waals surface area (Å²) in [6.07, 6.45) is 1.01. The molecule has 0 saturated carbocycles. The van der Waals surface area contributed by atoms with Gasteiger partial charge in [-0.05, 0) is 30.7 Å². The zero-order chi connectivity index (χ0) is 12.1. The molecule has 1 aliphatic rings. The summed E-state index contributed by atoms with van der Waals surface area (Å²) in [5.41, 5.74) is 5.84. The van der Waals surface area contributed by atoms with Crippen molar-refractivity contribution >= 4 is 23.5 Å². The summed E-state index contributed by atoms with van der Waals surface area (Å²) in [6.45, 7) is 1.63. The molecular weight excluding hydrogens is 240 g/mol. The Kier molecular flexibility index (Phi) is 3.82. The van der Waals surface area contributed by atoms with E-state index in [1.54, 1.807) is 24.3 Å². The Balaban J connectivity index is 1.88. The number of benzene rings is 1. The molecule has 1 amide bonds. The van der Waals surface area contributed by atoms with E-state index < -0.39 is 0 Å². The Bertz CT molecular complexity index is 430. The van der Waals surface area contributed by atoms with Crippen LogP contribution in [-0.2, 0) is 0 Å². The Hall–Kier alpha value is -1.75. The maximum absolute atomic E-state index is 11.7. The molecule has 0 fully saturated rings. The van der Waals surface area contributed by atoms with E-state index in [2.05, 4.69) is 21.2 Å². The highest BCUT2D eigenvalue weighted by molar-refractivity contribution is 6.30. The minimum atomic E-state index is -0.225. The molecular formula is C11H13ClN4O. The lowest BCUT2D eigenvalue weighted by Gasteiger charge is -2.16. The topological polar surface area (TPSA) is 65.5 Å². The summed E-state index contributed by atoms with van der Waals surface area (Å²) in [4.78, 5) is 15.9. The number of nitrogens with zero attached hydrogens (tertiary/aromatic N) is 1. The van der Waals surface area contributed by atoms with Crippen LogP contribution in [0.2, 0.25) is 5.02 Å². The quantitative estimate of drug-likeness (QED) is 0.652. The fourth-order valence-corrected chi connectivity index (χ4v) is 1.53. The molecule has 1 aromatic carbocycles. The van der Waals surface area contributed by atoms with Gasteiger partial charge in [0.05, 0.1) is 0 Å². The zero-order valence-electron chi connectivity index (χ0n) is 9.16. The van der Waals surface area contributed by atoms with Gasteiger partial charge in [-0.2, -0.15) is 0 Å². The van der Waals surface area contributed by atoms with Crippen molar-refractivity contribution in [2.75, 3.05) is 13.1 Å². The van der Waals surface area contributed by atoms with Gasteiger partial charge < -0.3 is 5.32 Å². The van der Waals surface area contributed by atoms with Gasteiger partial charge in [-0.25, -0.2) is 0 Å². The number of guanidine groups is 1. The van der Waals surface area contributed by atoms with Crippen molar-refractivity contribution in [1.82, 2.24) is 16.2 Å². The Labute approximate surface area is 104 Å². The average Bonchev–Trinajstić information content (AvgIpc) is 2.38. The molecule has 1 heterocycles. The number of hydrazine groups is 1. The molecule has 0 spiro atoms. The summed E-state index contributed by atoms with van der Waals surface area (Å²) in [5.74, 6) is 0.371. The second-order valence-electron chi connectivity index (χ2n) is 3.60. The molecule has 0 bridgehead atoms. The monoisotopic (exact) mass is 252 g/mol. The second kappa shape index (κ2) is 5.54. The number of halogens is 1. The van der Waals surface area contributed by atoms with Gasteiger partial charge in [-0.3, -0.25) is 20.6 Å². The third-order valence-corrected chi connectivity index (χ3v) is 2.55. The average molecular weight is 253 g/mol. The van der Waals surface area contributed by atoms with Crippen LogP contribution in [0.1, 0.15) is 16.8 Å². The predicted octanol–water partition coefficient (Wildman–Crippen LogP) is 0.924. The van der Waals surface area contributed by atoms with Gasteiger partial charge in [-0.1, -0.05) is 11.6 Å². The highest BCUT2D eigenvalue weighted by Crippen LogP contribution is 2.08. The van der Waals surface area contributed by atoms with E-state index >= 15 is 0 Å². The number of nitrogens with one attached hydrogen (secondary N) is 3. The number of rotatable bonds is 1. The molecule has 1 aliphatic heterocycles. The van der Waals surface area contributed by atoms with E-state index in [0.29, 0.717) is 16.5 Å². The van der Waals surface area contributed by atoms with Crippen molar-refractivity contribution in [1.29, 1.82) is 0 Å². The molecule has 0 saturated heterocycles. The molecule has 90 valence electrons. The van der Waals surface area contributed by atoms with Crippen LogP contribution in [0, 0.1) is 0 Å². The fraction of sp³-hybridized carbons (Fsp3) is 0.273. The van der Waals surface area contributed by atoms with E-state index in [1.165, 1.54) is 0 Å². The number of amides is 1. The molecule has 6 heteroatoms. The summed E-state index contributed by atoms with van der Waals surface area (Å²) >= 11 is 5.74. The summed E-state index contributed by atoms with van der Waals surface area (Å²) < 4.78 is 0. The van der Waals surface area contributed by atoms with Gasteiger partial charge in [0, 0.05) is 23.7 Å². The van der Waals surface area contributed by atoms with Crippen LogP contribution < -0.4 is 16.2 Å². The predicted molar refractivity (Wildman–Crippen MR) is 67.0 cm³/mol. The third-order valence-electron chi connectivity index (χ3n) is 2.30. The first-order chi connectivity index (χ1) is 8.25. The molecule has 0 unspecified atom stereocenters. The largest absolute Gasteiger partial charge is 0.355 e. The van der Waals surface area contributed by atoms with Crippen molar-refractivity contribution in [2.45, 2.75) is 6.42 Å². The van der Waals surface area contributed by atoms with E-state index in [-0.39, 0.29) is 5.91 Å². The third kappa shape index (κ3) is 3.35. The van der Waals surface area contributed by atoms with E-state index in [1.807, 2.05) is 0 Å². The lowest BCUT2D eigenvalue weighted by Crippen LogP contribution is -2.49. The Morgan fingerprint density at radius 2 is 2.12 bits per heavy atom. The molecule has 0 atom stereocenters. The van der Waals surface area contributed by atoms with Crippen LogP contribution in [0.5, 0.6) is 0 Å². The molecule has 0 aromatic heterocycles. The molecule has 3 N–H and O–H groups in total. The lowest BCUT2D eigenvalue weighted by molar-refractivity contribution is 0.0943. The first kappa shape index (κ1) is 11.7. The SMILES string of the molecule is O=C(NNC1=NCCCN1)c1ccc(Cl)cc1. The fourth-order valence-electron chi connectivity index (χ4n) is 1.41. The molecule has 0 aliphatic carbocycles. The van der Waals surface area contributed by atoms with E-state index in [9.17, 15) is 4.79 Å². The normalized spacial score (nSPS) is 14.5. The number of hydrogen-bond donors (Lipinski definition) is 3. The number of carbonyl (C=O) groups is 1. The van der Waals surface area contributed by atoms with E-state index in [0.717, 1.165) is 19.5 Å². The first-order valence-corrected chi connectivity index (χ1v) is 5.74. The minimum Gasteiger partial charge on any atom is -0.355 e. The zero-order valence-corrected chi connectivity index (χ0v) is 9.92. The first-order valence-electron chi connectivity index (χ1n) is 5.36. The lowest BCUT2D eigenvalue weighted by atomic mass is 10.2. The van der Waals surface area contributed by atoms with Crippen LogP contribution in [0.15, 0.2) is 29.3 Å². The standard InChI is InChI=1S/C11H13ClN4O/c12-9-4-2-8(3-5-9)10(17)15-16-11-13-6-1-7-14-11/h2-5H,1,6-7H2,(H,15,17)(H2,13,14,16). The Morgan fingerprint density at radius 1 is 1.35 bits per heavy atom. The molecule has 5 nitrogen and oxygen atoms in total. The van der Waals surface area contributed by atoms with Crippen molar-refractivity contribution in [2.24, 2.45) is 4.99 Å². The highest BCUT2D eigenvalue weighted by atomic mass is 35.5. The van der Waals surface area contributed by atoms with Crippen LogP contribution in [0.4, 0.5) is 0 Å². The van der Waals surface area contributed by atoms with Crippen LogP contribution in [0.3, 0.4) is 0 Å². The Morgan fingerprint density at radius 3 is 2.76 bits per heavy atom. The van der Waals surface area contributed by atoms with E-state index in [4.69, 9.17) is 11.6 Å². The van der Waals surface area contributed by atoms with Crippen LogP contribution in [0.25, 0.3) is 0 Å². The van der Waals surface area contributed by atoms with Gasteiger partial charge in [0.1, 0.15) is 0 Å². The number of carbonyl (C=O) groups excluding carboxylic acids is 1. The smallest absolute Gasteiger partial charge is 0.269 e. The maximum Gasteiger partial charge on any atom is 0.269 e. The minimum absolute atomic E-state index is 0.225. The molecule has 0 radical (unpaired) electrons. The van der Waals surface area contributed by atoms with Crippen molar-refractivity contribution in [3.63, 3.8) is 0 Å². The molecule has 2 rings (SSSR count). The molecule has 17 heavy (non-hydrogen) atoms. The molecule has 1 aromatic rings. The summed E-state index contributed by atoms with van der Waals surface area (Å²) in [7, 11) is 0. The number of aliphatic imine (C=N–C) groups is 1. The van der Waals surface area contributed by atoms with Crippen molar-refractivity contribution < 1.29 is 4.79 Å². The van der Waals surface area contributed by atoms with Gasteiger partial charge in [-0.15, -0.1) is 0 Å². The van der Waals surface area contributed by atoms with Gasteiger partial charge in [0.25, 0.3) is 5.91 Å². The number of hydrogen-bond acceptors (Lipinski definition) is 4.